The van der Waals surface area contributed by atoms with Gasteiger partial charge < -0.3 is 14.6 Å². The molecule has 1 aliphatic rings. The van der Waals surface area contributed by atoms with Crippen molar-refractivity contribution in [2.24, 2.45) is 0 Å². The quantitative estimate of drug-likeness (QED) is 0.747. The molecule has 0 bridgehead atoms. The van der Waals surface area contributed by atoms with E-state index < -0.39 is 0 Å². The van der Waals surface area contributed by atoms with Crippen molar-refractivity contribution < 1.29 is 9.53 Å². The first-order chi connectivity index (χ1) is 10.6. The Bertz CT molecular complexity index is 486. The number of rotatable bonds is 8. The van der Waals surface area contributed by atoms with Gasteiger partial charge in [-0.05, 0) is 46.5 Å². The van der Waals surface area contributed by atoms with Gasteiger partial charge in [0.05, 0.1) is 12.6 Å². The summed E-state index contributed by atoms with van der Waals surface area (Å²) in [7, 11) is 0. The summed E-state index contributed by atoms with van der Waals surface area (Å²) >= 11 is 0. The second kappa shape index (κ2) is 8.27. The standard InChI is InChI=1S/C16H28N4O2/c1-4-22-15(21)10-7-8-12(2)17-13(3)16-19-18-14-9-5-6-11-20(14)16/h12-13,17H,4-11H2,1-3H3. The molecule has 0 aromatic carbocycles. The number of hydrogen-bond donors (Lipinski definition) is 1. The molecule has 1 aromatic rings. The first kappa shape index (κ1) is 16.9. The van der Waals surface area contributed by atoms with E-state index in [-0.39, 0.29) is 12.0 Å². The van der Waals surface area contributed by atoms with Crippen LogP contribution in [-0.4, -0.2) is 33.4 Å². The van der Waals surface area contributed by atoms with E-state index in [2.05, 4.69) is 33.9 Å². The minimum atomic E-state index is -0.103. The minimum absolute atomic E-state index is 0.103. The van der Waals surface area contributed by atoms with Crippen molar-refractivity contribution in [2.45, 2.75) is 77.9 Å². The van der Waals surface area contributed by atoms with Gasteiger partial charge in [-0.15, -0.1) is 10.2 Å². The lowest BCUT2D eigenvalue weighted by atomic mass is 10.1. The van der Waals surface area contributed by atoms with Crippen LogP contribution in [0.5, 0.6) is 0 Å². The Hall–Kier alpha value is -1.43. The summed E-state index contributed by atoms with van der Waals surface area (Å²) in [6, 6.07) is 0.512. The molecule has 0 spiro atoms. The van der Waals surface area contributed by atoms with E-state index in [4.69, 9.17) is 4.74 Å². The van der Waals surface area contributed by atoms with Gasteiger partial charge in [-0.2, -0.15) is 0 Å². The molecule has 0 aliphatic carbocycles. The van der Waals surface area contributed by atoms with Gasteiger partial charge >= 0.3 is 5.97 Å². The molecule has 0 fully saturated rings. The van der Waals surface area contributed by atoms with Crippen LogP contribution in [-0.2, 0) is 22.5 Å². The van der Waals surface area contributed by atoms with E-state index in [1.165, 1.54) is 12.8 Å². The number of aromatic nitrogens is 3. The van der Waals surface area contributed by atoms with E-state index >= 15 is 0 Å². The summed E-state index contributed by atoms with van der Waals surface area (Å²) in [5.74, 6) is 2.05. The van der Waals surface area contributed by atoms with Crippen molar-refractivity contribution in [3.63, 3.8) is 0 Å². The number of ether oxygens (including phenoxy) is 1. The average Bonchev–Trinajstić information content (AvgIpc) is 2.91. The number of esters is 1. The van der Waals surface area contributed by atoms with E-state index in [1.807, 2.05) is 6.92 Å². The predicted molar refractivity (Wildman–Crippen MR) is 84.5 cm³/mol. The average molecular weight is 308 g/mol. The Morgan fingerprint density at radius 3 is 2.95 bits per heavy atom. The highest BCUT2D eigenvalue weighted by Crippen LogP contribution is 2.19. The zero-order chi connectivity index (χ0) is 15.9. The third-order valence-electron chi connectivity index (χ3n) is 4.13. The Labute approximate surface area is 132 Å². The van der Waals surface area contributed by atoms with Crippen LogP contribution in [0.1, 0.15) is 70.6 Å². The van der Waals surface area contributed by atoms with Crippen molar-refractivity contribution in [1.29, 1.82) is 0 Å². The maximum atomic E-state index is 11.3. The Kier molecular flexibility index (Phi) is 6.36. The molecule has 1 N–H and O–H groups in total. The summed E-state index contributed by atoms with van der Waals surface area (Å²) in [5.41, 5.74) is 0. The summed E-state index contributed by atoms with van der Waals surface area (Å²) in [6.07, 6.45) is 5.75. The number of nitrogens with zero attached hydrogens (tertiary/aromatic N) is 3. The van der Waals surface area contributed by atoms with Gasteiger partial charge in [0.2, 0.25) is 0 Å². The summed E-state index contributed by atoms with van der Waals surface area (Å²) < 4.78 is 7.20. The fourth-order valence-electron chi connectivity index (χ4n) is 3.02. The zero-order valence-corrected chi connectivity index (χ0v) is 14.0. The van der Waals surface area contributed by atoms with E-state index in [0.29, 0.717) is 19.1 Å². The summed E-state index contributed by atoms with van der Waals surface area (Å²) in [4.78, 5) is 11.3. The molecule has 2 heterocycles. The molecule has 0 saturated heterocycles. The molecule has 0 amide bonds. The SMILES string of the molecule is CCOC(=O)CCCC(C)NC(C)c1nnc2n1CCCC2. The Morgan fingerprint density at radius 2 is 2.18 bits per heavy atom. The molecule has 6 nitrogen and oxygen atoms in total. The van der Waals surface area contributed by atoms with Gasteiger partial charge in [-0.3, -0.25) is 4.79 Å². The first-order valence-corrected chi connectivity index (χ1v) is 8.45. The topological polar surface area (TPSA) is 69.0 Å². The van der Waals surface area contributed by atoms with Crippen LogP contribution in [0.25, 0.3) is 0 Å². The maximum Gasteiger partial charge on any atom is 0.305 e. The molecule has 0 radical (unpaired) electrons. The molecule has 1 aromatic heterocycles. The second-order valence-corrected chi connectivity index (χ2v) is 6.07. The molecule has 2 rings (SSSR count). The second-order valence-electron chi connectivity index (χ2n) is 6.07. The normalized spacial score (nSPS) is 16.9. The largest absolute Gasteiger partial charge is 0.466 e. The molecular formula is C16H28N4O2. The number of carbonyl (C=O) groups is 1. The molecule has 2 unspecified atom stereocenters. The number of carbonyl (C=O) groups excluding carboxylic acids is 1. The minimum Gasteiger partial charge on any atom is -0.466 e. The van der Waals surface area contributed by atoms with Gasteiger partial charge in [-0.1, -0.05) is 0 Å². The molecule has 124 valence electrons. The third kappa shape index (κ3) is 4.53. The predicted octanol–water partition coefficient (Wildman–Crippen LogP) is 2.39. The first-order valence-electron chi connectivity index (χ1n) is 8.45. The lowest BCUT2D eigenvalue weighted by Crippen LogP contribution is -2.31. The van der Waals surface area contributed by atoms with Crippen LogP contribution in [0.15, 0.2) is 0 Å². The van der Waals surface area contributed by atoms with Gasteiger partial charge in [0.15, 0.2) is 0 Å². The molecule has 0 saturated carbocycles. The fraction of sp³-hybridized carbons (Fsp3) is 0.812. The van der Waals surface area contributed by atoms with Crippen molar-refractivity contribution in [3.8, 4) is 0 Å². The van der Waals surface area contributed by atoms with Gasteiger partial charge in [0, 0.05) is 25.4 Å². The lowest BCUT2D eigenvalue weighted by molar-refractivity contribution is -0.143. The molecule has 6 heteroatoms. The molecule has 2 atom stereocenters. The number of aryl methyl sites for hydroxylation is 1. The number of fused-ring (bicyclic) bond motifs is 1. The highest BCUT2D eigenvalue weighted by atomic mass is 16.5. The van der Waals surface area contributed by atoms with Crippen molar-refractivity contribution in [2.75, 3.05) is 6.61 Å². The summed E-state index contributed by atoms with van der Waals surface area (Å²) in [6.45, 7) is 7.61. The molecule has 22 heavy (non-hydrogen) atoms. The van der Waals surface area contributed by atoms with Crippen molar-refractivity contribution >= 4 is 5.97 Å². The highest BCUT2D eigenvalue weighted by molar-refractivity contribution is 5.69. The van der Waals surface area contributed by atoms with E-state index in [1.54, 1.807) is 0 Å². The lowest BCUT2D eigenvalue weighted by Gasteiger charge is -2.22. The van der Waals surface area contributed by atoms with Gasteiger partial charge in [0.25, 0.3) is 0 Å². The van der Waals surface area contributed by atoms with Crippen LogP contribution in [0.2, 0.25) is 0 Å². The van der Waals surface area contributed by atoms with Crippen LogP contribution >= 0.6 is 0 Å². The maximum absolute atomic E-state index is 11.3. The monoisotopic (exact) mass is 308 g/mol. The smallest absolute Gasteiger partial charge is 0.305 e. The van der Waals surface area contributed by atoms with Gasteiger partial charge in [0.1, 0.15) is 11.6 Å². The van der Waals surface area contributed by atoms with E-state index in [0.717, 1.165) is 37.5 Å². The van der Waals surface area contributed by atoms with Crippen LogP contribution in [0, 0.1) is 0 Å². The zero-order valence-electron chi connectivity index (χ0n) is 14.0. The van der Waals surface area contributed by atoms with E-state index in [9.17, 15) is 4.79 Å². The number of hydrogen-bond acceptors (Lipinski definition) is 5. The van der Waals surface area contributed by atoms with Crippen LogP contribution < -0.4 is 5.32 Å². The van der Waals surface area contributed by atoms with Crippen LogP contribution in [0.4, 0.5) is 0 Å². The summed E-state index contributed by atoms with van der Waals surface area (Å²) in [5, 5.41) is 12.2. The van der Waals surface area contributed by atoms with Crippen molar-refractivity contribution in [1.82, 2.24) is 20.1 Å². The van der Waals surface area contributed by atoms with Gasteiger partial charge in [-0.25, -0.2) is 0 Å². The molecular weight excluding hydrogens is 280 g/mol. The Morgan fingerprint density at radius 1 is 1.36 bits per heavy atom. The number of nitrogens with one attached hydrogen (secondary N) is 1. The van der Waals surface area contributed by atoms with Crippen molar-refractivity contribution in [3.05, 3.63) is 11.6 Å². The Balaban J connectivity index is 1.77. The molecule has 1 aliphatic heterocycles. The highest BCUT2D eigenvalue weighted by Gasteiger charge is 2.20. The third-order valence-corrected chi connectivity index (χ3v) is 4.13. The fourth-order valence-corrected chi connectivity index (χ4v) is 3.02. The van der Waals surface area contributed by atoms with Crippen LogP contribution in [0.3, 0.4) is 0 Å².